The van der Waals surface area contributed by atoms with E-state index in [2.05, 4.69) is 10.1 Å². The second-order valence-electron chi connectivity index (χ2n) is 2.94. The molecule has 0 saturated heterocycles. The number of hydrogen-bond acceptors (Lipinski definition) is 2. The van der Waals surface area contributed by atoms with Crippen molar-refractivity contribution in [1.29, 1.82) is 0 Å². The summed E-state index contributed by atoms with van der Waals surface area (Å²) in [6.45, 7) is 2.91. The van der Waals surface area contributed by atoms with Gasteiger partial charge in [0.1, 0.15) is 0 Å². The van der Waals surface area contributed by atoms with Crippen molar-refractivity contribution < 1.29 is 0 Å². The summed E-state index contributed by atoms with van der Waals surface area (Å²) >= 11 is 5.87. The van der Waals surface area contributed by atoms with Gasteiger partial charge >= 0.3 is 0 Å². The smallest absolute Gasteiger partial charge is 0.0748 e. The molecule has 0 amide bonds. The lowest BCUT2D eigenvalue weighted by Crippen LogP contribution is -1.92. The van der Waals surface area contributed by atoms with Crippen molar-refractivity contribution in [1.82, 2.24) is 14.8 Å². The zero-order valence-electron chi connectivity index (χ0n) is 7.81. The van der Waals surface area contributed by atoms with Crippen LogP contribution in [0.15, 0.2) is 30.7 Å². The zero-order chi connectivity index (χ0) is 9.97. The Labute approximate surface area is 87.3 Å². The Kier molecular flexibility index (Phi) is 2.50. The van der Waals surface area contributed by atoms with Gasteiger partial charge in [0.25, 0.3) is 0 Å². The summed E-state index contributed by atoms with van der Waals surface area (Å²) in [5.41, 5.74) is 1.85. The predicted molar refractivity (Wildman–Crippen MR) is 56.1 cm³/mol. The van der Waals surface area contributed by atoms with E-state index < -0.39 is 0 Å². The van der Waals surface area contributed by atoms with Crippen LogP contribution in [0.4, 0.5) is 0 Å². The summed E-state index contributed by atoms with van der Waals surface area (Å²) in [6.07, 6.45) is 5.45. The third-order valence-corrected chi connectivity index (χ3v) is 2.21. The molecule has 2 aromatic rings. The number of halogens is 1. The number of rotatable bonds is 2. The normalized spacial score (nSPS) is 10.4. The van der Waals surface area contributed by atoms with Crippen LogP contribution in [0.3, 0.4) is 0 Å². The van der Waals surface area contributed by atoms with Crippen LogP contribution in [-0.4, -0.2) is 14.8 Å². The third kappa shape index (κ3) is 1.77. The standard InChI is InChI=1S/C10H10ClN3/c1-2-14-7-8(6-13-14)10-5-9(11)3-4-12-10/h3-7H,2H2,1H3. The van der Waals surface area contributed by atoms with E-state index in [0.29, 0.717) is 5.02 Å². The fraction of sp³-hybridized carbons (Fsp3) is 0.200. The minimum atomic E-state index is 0.694. The summed E-state index contributed by atoms with van der Waals surface area (Å²) in [4.78, 5) is 4.22. The van der Waals surface area contributed by atoms with Gasteiger partial charge < -0.3 is 0 Å². The Morgan fingerprint density at radius 1 is 1.50 bits per heavy atom. The van der Waals surface area contributed by atoms with Crippen LogP contribution in [0, 0.1) is 0 Å². The predicted octanol–water partition coefficient (Wildman–Crippen LogP) is 2.62. The molecule has 0 N–H and O–H groups in total. The van der Waals surface area contributed by atoms with Gasteiger partial charge in [-0.3, -0.25) is 9.67 Å². The molecule has 2 heterocycles. The number of nitrogens with zero attached hydrogens (tertiary/aromatic N) is 3. The van der Waals surface area contributed by atoms with Crippen LogP contribution >= 0.6 is 11.6 Å². The van der Waals surface area contributed by atoms with E-state index >= 15 is 0 Å². The Morgan fingerprint density at radius 3 is 3.00 bits per heavy atom. The van der Waals surface area contributed by atoms with Crippen LogP contribution in [0.2, 0.25) is 5.02 Å². The van der Waals surface area contributed by atoms with Gasteiger partial charge in [0.15, 0.2) is 0 Å². The molecule has 0 aliphatic carbocycles. The maximum Gasteiger partial charge on any atom is 0.0748 e. The quantitative estimate of drug-likeness (QED) is 0.758. The van der Waals surface area contributed by atoms with Crippen molar-refractivity contribution in [3.8, 4) is 11.3 Å². The Balaban J connectivity index is 2.39. The molecular formula is C10H10ClN3. The highest BCUT2D eigenvalue weighted by Crippen LogP contribution is 2.19. The lowest BCUT2D eigenvalue weighted by molar-refractivity contribution is 0.660. The Morgan fingerprint density at radius 2 is 2.36 bits per heavy atom. The van der Waals surface area contributed by atoms with E-state index in [1.54, 1.807) is 18.5 Å². The minimum absolute atomic E-state index is 0.694. The summed E-state index contributed by atoms with van der Waals surface area (Å²) in [6, 6.07) is 3.59. The van der Waals surface area contributed by atoms with E-state index in [0.717, 1.165) is 17.8 Å². The number of pyridine rings is 1. The molecule has 2 rings (SSSR count). The minimum Gasteiger partial charge on any atom is -0.272 e. The van der Waals surface area contributed by atoms with Gasteiger partial charge in [0, 0.05) is 29.5 Å². The topological polar surface area (TPSA) is 30.7 Å². The van der Waals surface area contributed by atoms with Crippen LogP contribution in [0.1, 0.15) is 6.92 Å². The van der Waals surface area contributed by atoms with Crippen molar-refractivity contribution in [2.45, 2.75) is 13.5 Å². The summed E-state index contributed by atoms with van der Waals surface area (Å²) in [5, 5.41) is 4.87. The van der Waals surface area contributed by atoms with Gasteiger partial charge in [-0.05, 0) is 19.1 Å². The molecule has 0 aliphatic heterocycles. The third-order valence-electron chi connectivity index (χ3n) is 1.97. The fourth-order valence-corrected chi connectivity index (χ4v) is 1.39. The van der Waals surface area contributed by atoms with Crippen LogP contribution in [-0.2, 0) is 6.54 Å². The van der Waals surface area contributed by atoms with Crippen molar-refractivity contribution >= 4 is 11.6 Å². The molecule has 0 saturated carbocycles. The average Bonchev–Trinajstić information content (AvgIpc) is 2.66. The Bertz CT molecular complexity index is 436. The van der Waals surface area contributed by atoms with Gasteiger partial charge in [0.05, 0.1) is 11.9 Å². The molecule has 0 aromatic carbocycles. The maximum absolute atomic E-state index is 5.87. The monoisotopic (exact) mass is 207 g/mol. The number of aromatic nitrogens is 3. The zero-order valence-corrected chi connectivity index (χ0v) is 8.57. The van der Waals surface area contributed by atoms with E-state index in [1.807, 2.05) is 23.9 Å². The molecule has 72 valence electrons. The van der Waals surface area contributed by atoms with Crippen molar-refractivity contribution in [3.63, 3.8) is 0 Å². The molecule has 0 spiro atoms. The first-order chi connectivity index (χ1) is 6.79. The molecular weight excluding hydrogens is 198 g/mol. The first-order valence-corrected chi connectivity index (χ1v) is 4.82. The van der Waals surface area contributed by atoms with Gasteiger partial charge in [-0.25, -0.2) is 0 Å². The molecule has 4 heteroatoms. The molecule has 0 atom stereocenters. The fourth-order valence-electron chi connectivity index (χ4n) is 1.23. The molecule has 2 aromatic heterocycles. The lowest BCUT2D eigenvalue weighted by Gasteiger charge is -1.95. The number of hydrogen-bond donors (Lipinski definition) is 0. The highest BCUT2D eigenvalue weighted by atomic mass is 35.5. The maximum atomic E-state index is 5.87. The van der Waals surface area contributed by atoms with E-state index in [4.69, 9.17) is 11.6 Å². The highest BCUT2D eigenvalue weighted by molar-refractivity contribution is 6.30. The van der Waals surface area contributed by atoms with E-state index in [-0.39, 0.29) is 0 Å². The van der Waals surface area contributed by atoms with E-state index in [9.17, 15) is 0 Å². The van der Waals surface area contributed by atoms with Gasteiger partial charge in [-0.1, -0.05) is 11.6 Å². The van der Waals surface area contributed by atoms with E-state index in [1.165, 1.54) is 0 Å². The van der Waals surface area contributed by atoms with Crippen molar-refractivity contribution in [3.05, 3.63) is 35.7 Å². The Hall–Kier alpha value is -1.35. The van der Waals surface area contributed by atoms with Gasteiger partial charge in [0.2, 0.25) is 0 Å². The van der Waals surface area contributed by atoms with Gasteiger partial charge in [-0.15, -0.1) is 0 Å². The summed E-state index contributed by atoms with van der Waals surface area (Å²) in [5.74, 6) is 0. The average molecular weight is 208 g/mol. The first-order valence-electron chi connectivity index (χ1n) is 4.44. The lowest BCUT2D eigenvalue weighted by atomic mass is 10.2. The van der Waals surface area contributed by atoms with Crippen LogP contribution in [0.5, 0.6) is 0 Å². The molecule has 0 radical (unpaired) electrons. The molecule has 0 aliphatic rings. The van der Waals surface area contributed by atoms with Crippen molar-refractivity contribution in [2.75, 3.05) is 0 Å². The van der Waals surface area contributed by atoms with Crippen molar-refractivity contribution in [2.24, 2.45) is 0 Å². The molecule has 3 nitrogen and oxygen atoms in total. The molecule has 14 heavy (non-hydrogen) atoms. The second-order valence-corrected chi connectivity index (χ2v) is 3.38. The molecule has 0 unspecified atom stereocenters. The largest absolute Gasteiger partial charge is 0.272 e. The van der Waals surface area contributed by atoms with Crippen LogP contribution < -0.4 is 0 Å². The number of aryl methyl sites for hydroxylation is 1. The summed E-state index contributed by atoms with van der Waals surface area (Å²) < 4.78 is 1.86. The molecule has 0 bridgehead atoms. The van der Waals surface area contributed by atoms with Gasteiger partial charge in [-0.2, -0.15) is 5.10 Å². The SMILES string of the molecule is CCn1cc(-c2cc(Cl)ccn2)cn1. The highest BCUT2D eigenvalue weighted by Gasteiger charge is 2.02. The second kappa shape index (κ2) is 3.80. The first kappa shape index (κ1) is 9.21. The summed E-state index contributed by atoms with van der Waals surface area (Å²) in [7, 11) is 0. The van der Waals surface area contributed by atoms with Crippen LogP contribution in [0.25, 0.3) is 11.3 Å². The molecule has 0 fully saturated rings.